The monoisotopic (exact) mass is 324 g/mol. The average Bonchev–Trinajstić information content (AvgIpc) is 3.11. The third-order valence-corrected chi connectivity index (χ3v) is 5.24. The molecule has 0 saturated heterocycles. The maximum Gasteiger partial charge on any atom is 0.407 e. The first kappa shape index (κ1) is 18.6. The summed E-state index contributed by atoms with van der Waals surface area (Å²) in [6, 6.07) is 0.563. The molecule has 0 heterocycles. The van der Waals surface area contributed by atoms with Crippen LogP contribution in [0, 0.1) is 11.8 Å². The standard InChI is InChI=1S/C19H36N2O2/c1-19(2,3)23-18(22)21-14-16-11-6-12-17(16)20-13-7-10-15-8-4-5-9-15/h15-17,20H,4-14H2,1-3H3,(H,21,22). The molecule has 2 fully saturated rings. The van der Waals surface area contributed by atoms with Crippen molar-refractivity contribution < 1.29 is 9.53 Å². The topological polar surface area (TPSA) is 50.4 Å². The van der Waals surface area contributed by atoms with Crippen molar-refractivity contribution in [3.05, 3.63) is 0 Å². The fourth-order valence-electron chi connectivity index (χ4n) is 4.06. The predicted octanol–water partition coefficient (Wildman–Crippen LogP) is 4.24. The number of rotatable bonds is 7. The van der Waals surface area contributed by atoms with E-state index in [1.165, 1.54) is 57.8 Å². The lowest BCUT2D eigenvalue weighted by Crippen LogP contribution is -2.41. The van der Waals surface area contributed by atoms with Gasteiger partial charge in [-0.15, -0.1) is 0 Å². The summed E-state index contributed by atoms with van der Waals surface area (Å²) in [5.41, 5.74) is -0.419. The van der Waals surface area contributed by atoms with Gasteiger partial charge >= 0.3 is 6.09 Å². The number of ether oxygens (including phenoxy) is 1. The zero-order valence-corrected chi connectivity index (χ0v) is 15.3. The van der Waals surface area contributed by atoms with Crippen LogP contribution in [-0.2, 0) is 4.74 Å². The molecule has 2 aliphatic carbocycles. The smallest absolute Gasteiger partial charge is 0.407 e. The maximum atomic E-state index is 11.8. The largest absolute Gasteiger partial charge is 0.444 e. The molecule has 134 valence electrons. The van der Waals surface area contributed by atoms with Gasteiger partial charge in [-0.25, -0.2) is 4.79 Å². The molecule has 23 heavy (non-hydrogen) atoms. The van der Waals surface area contributed by atoms with Gasteiger partial charge in [0.1, 0.15) is 5.60 Å². The van der Waals surface area contributed by atoms with E-state index in [0.29, 0.717) is 12.0 Å². The summed E-state index contributed by atoms with van der Waals surface area (Å²) < 4.78 is 5.32. The highest BCUT2D eigenvalue weighted by atomic mass is 16.6. The van der Waals surface area contributed by atoms with Crippen LogP contribution in [0.15, 0.2) is 0 Å². The van der Waals surface area contributed by atoms with Crippen molar-refractivity contribution in [2.24, 2.45) is 11.8 Å². The van der Waals surface area contributed by atoms with E-state index in [1.807, 2.05) is 20.8 Å². The summed E-state index contributed by atoms with van der Waals surface area (Å²) in [6.07, 6.45) is 11.9. The summed E-state index contributed by atoms with van der Waals surface area (Å²) >= 11 is 0. The van der Waals surface area contributed by atoms with E-state index in [-0.39, 0.29) is 6.09 Å². The fraction of sp³-hybridized carbons (Fsp3) is 0.947. The van der Waals surface area contributed by atoms with Crippen LogP contribution in [0.1, 0.15) is 78.6 Å². The molecule has 2 rings (SSSR count). The van der Waals surface area contributed by atoms with Crippen LogP contribution in [0.25, 0.3) is 0 Å². The van der Waals surface area contributed by atoms with Gasteiger partial charge in [0, 0.05) is 12.6 Å². The predicted molar refractivity (Wildman–Crippen MR) is 94.6 cm³/mol. The minimum Gasteiger partial charge on any atom is -0.444 e. The van der Waals surface area contributed by atoms with E-state index < -0.39 is 5.60 Å². The van der Waals surface area contributed by atoms with Crippen molar-refractivity contribution >= 4 is 6.09 Å². The summed E-state index contributed by atoms with van der Waals surface area (Å²) in [7, 11) is 0. The van der Waals surface area contributed by atoms with Crippen molar-refractivity contribution in [3.8, 4) is 0 Å². The zero-order valence-electron chi connectivity index (χ0n) is 15.3. The van der Waals surface area contributed by atoms with Gasteiger partial charge in [0.2, 0.25) is 0 Å². The molecule has 0 spiro atoms. The molecule has 4 nitrogen and oxygen atoms in total. The van der Waals surface area contributed by atoms with Gasteiger partial charge < -0.3 is 15.4 Å². The van der Waals surface area contributed by atoms with Crippen LogP contribution in [-0.4, -0.2) is 30.8 Å². The van der Waals surface area contributed by atoms with Crippen molar-refractivity contribution in [2.45, 2.75) is 90.2 Å². The zero-order chi connectivity index (χ0) is 16.7. The van der Waals surface area contributed by atoms with Gasteiger partial charge in [-0.05, 0) is 64.8 Å². The molecular weight excluding hydrogens is 288 g/mol. The number of amides is 1. The lowest BCUT2D eigenvalue weighted by molar-refractivity contribution is 0.0517. The molecule has 0 bridgehead atoms. The Hall–Kier alpha value is -0.770. The molecule has 0 aromatic carbocycles. The van der Waals surface area contributed by atoms with Crippen molar-refractivity contribution in [1.29, 1.82) is 0 Å². The average molecular weight is 325 g/mol. The molecular formula is C19H36N2O2. The summed E-state index contributed by atoms with van der Waals surface area (Å²) in [6.45, 7) is 7.56. The van der Waals surface area contributed by atoms with Gasteiger partial charge in [-0.2, -0.15) is 0 Å². The first-order valence-corrected chi connectivity index (χ1v) is 9.64. The minimum atomic E-state index is -0.419. The Morgan fingerprint density at radius 3 is 2.52 bits per heavy atom. The van der Waals surface area contributed by atoms with E-state index in [9.17, 15) is 4.79 Å². The SMILES string of the molecule is CC(C)(C)OC(=O)NCC1CCCC1NCCCC1CCCC1. The minimum absolute atomic E-state index is 0.288. The maximum absolute atomic E-state index is 11.8. The van der Waals surface area contributed by atoms with Crippen LogP contribution in [0.2, 0.25) is 0 Å². The highest BCUT2D eigenvalue weighted by Crippen LogP contribution is 2.29. The molecule has 0 aliphatic heterocycles. The van der Waals surface area contributed by atoms with Crippen LogP contribution in [0.5, 0.6) is 0 Å². The number of alkyl carbamates (subject to hydrolysis) is 1. The Morgan fingerprint density at radius 1 is 1.09 bits per heavy atom. The molecule has 0 aromatic heterocycles. The van der Waals surface area contributed by atoms with Crippen molar-refractivity contribution in [3.63, 3.8) is 0 Å². The van der Waals surface area contributed by atoms with Crippen LogP contribution in [0.4, 0.5) is 4.79 Å². The quantitative estimate of drug-likeness (QED) is 0.689. The highest BCUT2D eigenvalue weighted by Gasteiger charge is 2.27. The second-order valence-electron chi connectivity index (χ2n) is 8.43. The van der Waals surface area contributed by atoms with Gasteiger partial charge in [-0.1, -0.05) is 32.1 Å². The molecule has 2 saturated carbocycles. The van der Waals surface area contributed by atoms with Gasteiger partial charge in [0.25, 0.3) is 0 Å². The van der Waals surface area contributed by atoms with E-state index in [0.717, 1.165) is 19.0 Å². The number of hydrogen-bond acceptors (Lipinski definition) is 3. The van der Waals surface area contributed by atoms with Crippen LogP contribution >= 0.6 is 0 Å². The second-order valence-corrected chi connectivity index (χ2v) is 8.43. The molecule has 0 radical (unpaired) electrons. The number of carbonyl (C=O) groups excluding carboxylic acids is 1. The van der Waals surface area contributed by atoms with E-state index in [2.05, 4.69) is 10.6 Å². The Labute approximate surface area is 142 Å². The lowest BCUT2D eigenvalue weighted by Gasteiger charge is -2.24. The van der Waals surface area contributed by atoms with Crippen molar-refractivity contribution in [1.82, 2.24) is 10.6 Å². The number of hydrogen-bond donors (Lipinski definition) is 2. The summed E-state index contributed by atoms with van der Waals surface area (Å²) in [5, 5.41) is 6.68. The highest BCUT2D eigenvalue weighted by molar-refractivity contribution is 5.67. The molecule has 0 aromatic rings. The molecule has 2 atom stereocenters. The molecule has 4 heteroatoms. The molecule has 2 aliphatic rings. The Balaban J connectivity index is 1.59. The van der Waals surface area contributed by atoms with Gasteiger partial charge in [0.05, 0.1) is 0 Å². The van der Waals surface area contributed by atoms with Crippen LogP contribution in [0.3, 0.4) is 0 Å². The van der Waals surface area contributed by atoms with Crippen molar-refractivity contribution in [2.75, 3.05) is 13.1 Å². The third kappa shape index (κ3) is 7.11. The normalized spacial score (nSPS) is 25.7. The summed E-state index contributed by atoms with van der Waals surface area (Å²) in [4.78, 5) is 11.8. The van der Waals surface area contributed by atoms with E-state index in [4.69, 9.17) is 4.74 Å². The van der Waals surface area contributed by atoms with E-state index >= 15 is 0 Å². The Morgan fingerprint density at radius 2 is 1.83 bits per heavy atom. The Bertz CT molecular complexity index is 359. The van der Waals surface area contributed by atoms with Gasteiger partial charge in [-0.3, -0.25) is 0 Å². The number of carbonyl (C=O) groups is 1. The first-order chi connectivity index (χ1) is 10.9. The molecule has 1 amide bonds. The Kier molecular flexibility index (Phi) is 7.19. The summed E-state index contributed by atoms with van der Waals surface area (Å²) in [5.74, 6) is 1.54. The second kappa shape index (κ2) is 8.91. The van der Waals surface area contributed by atoms with Gasteiger partial charge in [0.15, 0.2) is 0 Å². The van der Waals surface area contributed by atoms with Crippen LogP contribution < -0.4 is 10.6 Å². The first-order valence-electron chi connectivity index (χ1n) is 9.64. The third-order valence-electron chi connectivity index (χ3n) is 5.24. The van der Waals surface area contributed by atoms with E-state index in [1.54, 1.807) is 0 Å². The number of nitrogens with one attached hydrogen (secondary N) is 2. The fourth-order valence-corrected chi connectivity index (χ4v) is 4.06. The molecule has 2 N–H and O–H groups in total. The lowest BCUT2D eigenvalue weighted by atomic mass is 10.0. The molecule has 2 unspecified atom stereocenters.